The monoisotopic (exact) mass is 602 g/mol. The van der Waals surface area contributed by atoms with E-state index >= 15 is 0 Å². The number of hydrogen-bond acceptors (Lipinski definition) is 6. The Labute approximate surface area is 247 Å². The van der Waals surface area contributed by atoms with E-state index in [0.29, 0.717) is 24.3 Å². The Balaban J connectivity index is 1.49. The van der Waals surface area contributed by atoms with Gasteiger partial charge in [0.15, 0.2) is 0 Å². The largest absolute Gasteiger partial charge is 0.371 e. The molecule has 42 heavy (non-hydrogen) atoms. The van der Waals surface area contributed by atoms with Crippen molar-refractivity contribution in [1.82, 2.24) is 20.3 Å². The average molecular weight is 603 g/mol. The molecule has 0 saturated carbocycles. The molecule has 0 bridgehead atoms. The number of rotatable bonds is 12. The number of ether oxygens (including phenoxy) is 1. The summed E-state index contributed by atoms with van der Waals surface area (Å²) in [5, 5.41) is 6.09. The SMILES string of the molecule is [B]c1ccc(CO[C@@H]2C[C@@H](C(=O)NCc3ccc(F)cc3)N(C(=O)[C@@H](CCC3CCNCC3)NS(C)(=O)=O)C2)c(F)c1. The van der Waals surface area contributed by atoms with Gasteiger partial charge in [0.25, 0.3) is 0 Å². The molecule has 2 radical (unpaired) electrons. The van der Waals surface area contributed by atoms with Gasteiger partial charge in [0.05, 0.1) is 19.0 Å². The fraction of sp³-hybridized carbons (Fsp3) is 0.517. The van der Waals surface area contributed by atoms with Gasteiger partial charge in [-0.2, -0.15) is 0 Å². The van der Waals surface area contributed by atoms with E-state index in [2.05, 4.69) is 15.4 Å². The zero-order valence-corrected chi connectivity index (χ0v) is 24.5. The molecule has 3 N–H and O–H groups in total. The fourth-order valence-electron chi connectivity index (χ4n) is 5.47. The van der Waals surface area contributed by atoms with E-state index in [0.717, 1.165) is 32.2 Å². The van der Waals surface area contributed by atoms with Crippen molar-refractivity contribution >= 4 is 35.1 Å². The fourth-order valence-corrected chi connectivity index (χ4v) is 6.21. The van der Waals surface area contributed by atoms with Crippen LogP contribution in [0.1, 0.15) is 43.2 Å². The normalized spacial score (nSPS) is 20.4. The molecular weight excluding hydrogens is 565 g/mol. The second kappa shape index (κ2) is 14.5. The maximum absolute atomic E-state index is 14.3. The second-order valence-corrected chi connectivity index (χ2v) is 12.9. The first-order valence-electron chi connectivity index (χ1n) is 14.1. The molecule has 4 rings (SSSR count). The summed E-state index contributed by atoms with van der Waals surface area (Å²) in [7, 11) is 1.90. The van der Waals surface area contributed by atoms with Crippen molar-refractivity contribution in [1.29, 1.82) is 0 Å². The van der Waals surface area contributed by atoms with Crippen LogP contribution in [0.4, 0.5) is 8.78 Å². The topological polar surface area (TPSA) is 117 Å². The minimum atomic E-state index is -3.73. The molecule has 0 spiro atoms. The molecule has 2 saturated heterocycles. The number of sulfonamides is 1. The number of amides is 2. The van der Waals surface area contributed by atoms with E-state index in [1.165, 1.54) is 29.2 Å². The van der Waals surface area contributed by atoms with Crippen LogP contribution in [0.25, 0.3) is 0 Å². The van der Waals surface area contributed by atoms with Crippen LogP contribution in [0.15, 0.2) is 42.5 Å². The minimum absolute atomic E-state index is 0.0271. The van der Waals surface area contributed by atoms with E-state index in [1.807, 2.05) is 0 Å². The lowest BCUT2D eigenvalue weighted by Gasteiger charge is -2.30. The Hall–Kier alpha value is -2.87. The van der Waals surface area contributed by atoms with Gasteiger partial charge in [0, 0.05) is 25.1 Å². The summed E-state index contributed by atoms with van der Waals surface area (Å²) in [6, 6.07) is 7.95. The molecule has 2 fully saturated rings. The van der Waals surface area contributed by atoms with Crippen LogP contribution >= 0.6 is 0 Å². The molecule has 2 aliphatic heterocycles. The van der Waals surface area contributed by atoms with Crippen molar-refractivity contribution in [2.75, 3.05) is 25.9 Å². The van der Waals surface area contributed by atoms with Gasteiger partial charge in [-0.05, 0) is 68.5 Å². The van der Waals surface area contributed by atoms with Crippen molar-refractivity contribution in [2.24, 2.45) is 5.92 Å². The lowest BCUT2D eigenvalue weighted by Crippen LogP contribution is -2.53. The van der Waals surface area contributed by atoms with Gasteiger partial charge in [-0.25, -0.2) is 21.9 Å². The number of nitrogens with zero attached hydrogens (tertiary/aromatic N) is 1. The van der Waals surface area contributed by atoms with Gasteiger partial charge < -0.3 is 20.3 Å². The molecule has 2 aromatic rings. The van der Waals surface area contributed by atoms with Crippen LogP contribution in [0.3, 0.4) is 0 Å². The molecule has 2 heterocycles. The van der Waals surface area contributed by atoms with E-state index in [-0.39, 0.29) is 37.1 Å². The highest BCUT2D eigenvalue weighted by atomic mass is 32.2. The Kier molecular flexibility index (Phi) is 11.1. The zero-order chi connectivity index (χ0) is 30.3. The third-order valence-corrected chi connectivity index (χ3v) is 8.47. The summed E-state index contributed by atoms with van der Waals surface area (Å²) < 4.78 is 60.5. The third-order valence-electron chi connectivity index (χ3n) is 7.76. The van der Waals surface area contributed by atoms with Gasteiger partial charge in [-0.15, -0.1) is 0 Å². The van der Waals surface area contributed by atoms with Crippen molar-refractivity contribution in [3.05, 3.63) is 65.2 Å². The predicted molar refractivity (Wildman–Crippen MR) is 155 cm³/mol. The standard InChI is InChI=1S/C29H37BF2N4O5S/c1-42(39,40)35-26(9-4-19-10-12-33-13-11-19)29(38)36-17-24(41-18-21-5-6-22(30)14-25(21)32)15-27(36)28(37)34-16-20-2-7-23(31)8-3-20/h2-3,5-8,14,19,24,26-27,33,35H,4,9-13,15-18H2,1H3,(H,34,37)/t24-,26-,27+/m1/s1. The van der Waals surface area contributed by atoms with Gasteiger partial charge >= 0.3 is 0 Å². The van der Waals surface area contributed by atoms with Crippen molar-refractivity contribution in [3.8, 4) is 0 Å². The summed E-state index contributed by atoms with van der Waals surface area (Å²) in [6.45, 7) is 1.79. The number of piperidine rings is 1. The lowest BCUT2D eigenvalue weighted by molar-refractivity contribution is -0.140. The van der Waals surface area contributed by atoms with Gasteiger partial charge in [-0.3, -0.25) is 9.59 Å². The van der Waals surface area contributed by atoms with Gasteiger partial charge in [0.2, 0.25) is 21.8 Å². The van der Waals surface area contributed by atoms with E-state index < -0.39 is 51.7 Å². The number of likely N-dealkylation sites (tertiary alicyclic amines) is 1. The highest BCUT2D eigenvalue weighted by Gasteiger charge is 2.42. The molecule has 3 atom stereocenters. The molecule has 0 unspecified atom stereocenters. The molecular formula is C29H37BF2N4O5S. The van der Waals surface area contributed by atoms with Crippen LogP contribution in [0.5, 0.6) is 0 Å². The first-order chi connectivity index (χ1) is 20.0. The zero-order valence-electron chi connectivity index (χ0n) is 23.7. The predicted octanol–water partition coefficient (Wildman–Crippen LogP) is 1.26. The van der Waals surface area contributed by atoms with Crippen molar-refractivity contribution in [3.63, 3.8) is 0 Å². The average Bonchev–Trinajstić information content (AvgIpc) is 3.38. The number of carbonyl (C=O) groups is 2. The summed E-state index contributed by atoms with van der Waals surface area (Å²) in [5.41, 5.74) is 1.23. The van der Waals surface area contributed by atoms with Gasteiger partial charge in [0.1, 0.15) is 31.6 Å². The summed E-state index contributed by atoms with van der Waals surface area (Å²) in [5.74, 6) is -1.52. The molecule has 0 aliphatic carbocycles. The smallest absolute Gasteiger partial charge is 0.243 e. The molecule has 0 aromatic heterocycles. The molecule has 2 aliphatic rings. The molecule has 2 amide bonds. The number of halogens is 2. The molecule has 226 valence electrons. The maximum Gasteiger partial charge on any atom is 0.243 e. The van der Waals surface area contributed by atoms with E-state index in [9.17, 15) is 26.8 Å². The van der Waals surface area contributed by atoms with Crippen LogP contribution in [0, 0.1) is 17.6 Å². The highest BCUT2D eigenvalue weighted by molar-refractivity contribution is 7.88. The Bertz CT molecular complexity index is 1340. The van der Waals surface area contributed by atoms with Crippen molar-refractivity contribution < 1.29 is 31.5 Å². The summed E-state index contributed by atoms with van der Waals surface area (Å²) >= 11 is 0. The lowest BCUT2D eigenvalue weighted by atomic mass is 9.91. The first kappa shape index (κ1) is 32.1. The molecule has 13 heteroatoms. The summed E-state index contributed by atoms with van der Waals surface area (Å²) in [6.07, 6.45) is 3.37. The number of benzene rings is 2. The van der Waals surface area contributed by atoms with Crippen LogP contribution < -0.4 is 20.8 Å². The molecule has 2 aromatic carbocycles. The van der Waals surface area contributed by atoms with E-state index in [1.54, 1.807) is 18.2 Å². The van der Waals surface area contributed by atoms with Crippen molar-refractivity contribution in [2.45, 2.75) is 63.4 Å². The number of nitrogens with one attached hydrogen (secondary N) is 3. The number of hydrogen-bond donors (Lipinski definition) is 3. The summed E-state index contributed by atoms with van der Waals surface area (Å²) in [4.78, 5) is 28.6. The number of carbonyl (C=O) groups excluding carboxylic acids is 2. The van der Waals surface area contributed by atoms with Crippen LogP contribution in [-0.4, -0.2) is 77.1 Å². The van der Waals surface area contributed by atoms with E-state index in [4.69, 9.17) is 12.6 Å². The molecule has 9 nitrogen and oxygen atoms in total. The highest BCUT2D eigenvalue weighted by Crippen LogP contribution is 2.26. The second-order valence-electron chi connectivity index (χ2n) is 11.1. The Morgan fingerprint density at radius 2 is 1.86 bits per heavy atom. The minimum Gasteiger partial charge on any atom is -0.371 e. The van der Waals surface area contributed by atoms with Crippen LogP contribution in [-0.2, 0) is 37.5 Å². The third kappa shape index (κ3) is 9.32. The Morgan fingerprint density at radius 3 is 2.52 bits per heavy atom. The van der Waals surface area contributed by atoms with Crippen LogP contribution in [0.2, 0.25) is 0 Å². The Morgan fingerprint density at radius 1 is 1.14 bits per heavy atom. The maximum atomic E-state index is 14.3. The quantitative estimate of drug-likeness (QED) is 0.315. The first-order valence-corrected chi connectivity index (χ1v) is 16.0. The van der Waals surface area contributed by atoms with Gasteiger partial charge in [-0.1, -0.05) is 29.7 Å².